The molecule has 1 aliphatic heterocycles. The summed E-state index contributed by atoms with van der Waals surface area (Å²) in [5, 5.41) is -0.683. The Morgan fingerprint density at radius 1 is 1.03 bits per heavy atom. The highest BCUT2D eigenvalue weighted by Gasteiger charge is 2.35. The van der Waals surface area contributed by atoms with Gasteiger partial charge in [-0.3, -0.25) is 4.79 Å². The summed E-state index contributed by atoms with van der Waals surface area (Å²) in [4.78, 5) is 13.8. The van der Waals surface area contributed by atoms with Crippen LogP contribution in [0, 0.1) is 5.82 Å². The van der Waals surface area contributed by atoms with Crippen molar-refractivity contribution < 1.29 is 26.0 Å². The van der Waals surface area contributed by atoms with Gasteiger partial charge in [-0.05, 0) is 36.8 Å². The molecule has 1 heterocycles. The molecule has 156 valence electrons. The number of rotatable bonds is 7. The van der Waals surface area contributed by atoms with Crippen molar-refractivity contribution in [1.82, 2.24) is 9.62 Å². The minimum Gasteiger partial charge on any atom is -0.341 e. The molecule has 0 bridgehead atoms. The third-order valence-corrected chi connectivity index (χ3v) is 8.40. The fraction of sp³-hybridized carbons (Fsp3) is 0.316. The molecule has 0 aliphatic carbocycles. The quantitative estimate of drug-likeness (QED) is 0.704. The highest BCUT2D eigenvalue weighted by molar-refractivity contribution is 7.92. The van der Waals surface area contributed by atoms with E-state index in [0.717, 1.165) is 12.1 Å². The van der Waals surface area contributed by atoms with E-state index in [9.17, 15) is 26.0 Å². The van der Waals surface area contributed by atoms with Crippen molar-refractivity contribution in [3.63, 3.8) is 0 Å². The van der Waals surface area contributed by atoms with Gasteiger partial charge in [-0.15, -0.1) is 0 Å². The first-order valence-corrected chi connectivity index (χ1v) is 12.0. The molecule has 1 fully saturated rings. The normalized spacial score (nSPS) is 17.4. The van der Waals surface area contributed by atoms with E-state index in [2.05, 4.69) is 4.72 Å². The number of sulfone groups is 1. The summed E-state index contributed by atoms with van der Waals surface area (Å²) in [5.41, 5.74) is 0. The van der Waals surface area contributed by atoms with E-state index in [0.29, 0.717) is 13.0 Å². The molecule has 2 aromatic rings. The lowest BCUT2D eigenvalue weighted by Gasteiger charge is -2.17. The van der Waals surface area contributed by atoms with Gasteiger partial charge in [-0.2, -0.15) is 0 Å². The van der Waals surface area contributed by atoms with Gasteiger partial charge in [0, 0.05) is 26.1 Å². The molecule has 0 saturated carbocycles. The highest BCUT2D eigenvalue weighted by atomic mass is 32.2. The van der Waals surface area contributed by atoms with E-state index in [1.54, 1.807) is 18.2 Å². The molecule has 1 aliphatic rings. The lowest BCUT2D eigenvalue weighted by molar-refractivity contribution is -0.129. The number of likely N-dealkylation sites (tertiary alicyclic amines) is 1. The van der Waals surface area contributed by atoms with Crippen LogP contribution >= 0.6 is 0 Å². The Bertz CT molecular complexity index is 1090. The van der Waals surface area contributed by atoms with Crippen LogP contribution in [0.15, 0.2) is 64.4 Å². The minimum atomic E-state index is -3.93. The molecule has 1 unspecified atom stereocenters. The largest absolute Gasteiger partial charge is 0.341 e. The van der Waals surface area contributed by atoms with E-state index in [1.807, 2.05) is 0 Å². The van der Waals surface area contributed by atoms with Gasteiger partial charge in [0.15, 0.2) is 9.84 Å². The van der Waals surface area contributed by atoms with Gasteiger partial charge in [0.1, 0.15) is 5.82 Å². The average molecular weight is 441 g/mol. The molecule has 7 nitrogen and oxygen atoms in total. The molecule has 1 atom stereocenters. The number of sulfonamides is 1. The molecular formula is C19H21FN2O5S2. The van der Waals surface area contributed by atoms with E-state index in [4.69, 9.17) is 0 Å². The van der Waals surface area contributed by atoms with Crippen LogP contribution in [-0.4, -0.2) is 52.5 Å². The van der Waals surface area contributed by atoms with Gasteiger partial charge >= 0.3 is 0 Å². The number of nitrogens with zero attached hydrogens (tertiary/aromatic N) is 1. The van der Waals surface area contributed by atoms with Gasteiger partial charge in [-0.1, -0.05) is 24.3 Å². The third kappa shape index (κ3) is 5.01. The zero-order valence-electron chi connectivity index (χ0n) is 15.5. The van der Waals surface area contributed by atoms with Crippen LogP contribution in [-0.2, 0) is 24.7 Å². The van der Waals surface area contributed by atoms with Crippen molar-refractivity contribution in [2.24, 2.45) is 0 Å². The summed E-state index contributed by atoms with van der Waals surface area (Å²) in [7, 11) is -7.46. The number of hydrogen-bond donors (Lipinski definition) is 1. The maximum absolute atomic E-state index is 13.2. The fourth-order valence-corrected chi connectivity index (χ4v) is 5.95. The van der Waals surface area contributed by atoms with Gasteiger partial charge in [0.2, 0.25) is 15.9 Å². The molecule has 3 rings (SSSR count). The predicted molar refractivity (Wildman–Crippen MR) is 105 cm³/mol. The zero-order chi connectivity index (χ0) is 21.1. The van der Waals surface area contributed by atoms with E-state index in [-0.39, 0.29) is 35.2 Å². The standard InChI is InChI=1S/C19H21FN2O5S2/c20-15-5-4-8-17(13-15)29(26,27)21-11-9-19(23)22-12-10-18(14-22)28(24,25)16-6-2-1-3-7-16/h1-8,13,18,21H,9-12,14H2. The number of hydrogen-bond acceptors (Lipinski definition) is 5. The molecule has 1 saturated heterocycles. The predicted octanol–water partition coefficient (Wildman–Crippen LogP) is 1.57. The summed E-state index contributed by atoms with van der Waals surface area (Å²) in [5.74, 6) is -1.01. The van der Waals surface area contributed by atoms with Crippen LogP contribution in [0.5, 0.6) is 0 Å². The van der Waals surface area contributed by atoms with Gasteiger partial charge in [0.05, 0.1) is 15.0 Å². The second kappa shape index (κ2) is 8.60. The maximum atomic E-state index is 13.2. The Morgan fingerprint density at radius 3 is 2.41 bits per heavy atom. The van der Waals surface area contributed by atoms with Crippen LogP contribution in [0.1, 0.15) is 12.8 Å². The van der Waals surface area contributed by atoms with E-state index >= 15 is 0 Å². The summed E-state index contributed by atoms with van der Waals surface area (Å²) in [6.45, 7) is 0.212. The summed E-state index contributed by atoms with van der Waals surface area (Å²) >= 11 is 0. The molecule has 0 aromatic heterocycles. The lowest BCUT2D eigenvalue weighted by atomic mass is 10.4. The molecule has 2 aromatic carbocycles. The Labute approximate surface area is 169 Å². The molecule has 1 N–H and O–H groups in total. The molecule has 10 heteroatoms. The molecule has 29 heavy (non-hydrogen) atoms. The molecule has 0 spiro atoms. The van der Waals surface area contributed by atoms with Gasteiger partial charge < -0.3 is 4.90 Å². The topological polar surface area (TPSA) is 101 Å². The van der Waals surface area contributed by atoms with Crippen LogP contribution < -0.4 is 4.72 Å². The SMILES string of the molecule is O=C(CCNS(=O)(=O)c1cccc(F)c1)N1CCC(S(=O)(=O)c2ccccc2)C1. The van der Waals surface area contributed by atoms with Crippen molar-refractivity contribution in [3.8, 4) is 0 Å². The third-order valence-electron chi connectivity index (χ3n) is 4.75. The van der Waals surface area contributed by atoms with E-state index < -0.39 is 30.9 Å². The Morgan fingerprint density at radius 2 is 1.72 bits per heavy atom. The lowest BCUT2D eigenvalue weighted by Crippen LogP contribution is -2.34. The first-order valence-electron chi connectivity index (χ1n) is 9.02. The smallest absolute Gasteiger partial charge is 0.240 e. The van der Waals surface area contributed by atoms with Crippen LogP contribution in [0.25, 0.3) is 0 Å². The fourth-order valence-electron chi connectivity index (χ4n) is 3.18. The van der Waals surface area contributed by atoms with Crippen molar-refractivity contribution in [2.45, 2.75) is 27.9 Å². The van der Waals surface area contributed by atoms with Gasteiger partial charge in [0.25, 0.3) is 0 Å². The average Bonchev–Trinajstić information content (AvgIpc) is 3.20. The van der Waals surface area contributed by atoms with Crippen molar-refractivity contribution >= 4 is 25.8 Å². The van der Waals surface area contributed by atoms with Crippen molar-refractivity contribution in [2.75, 3.05) is 19.6 Å². The molecular weight excluding hydrogens is 419 g/mol. The summed E-state index contributed by atoms with van der Waals surface area (Å²) in [6.07, 6.45) is 0.213. The Hall–Kier alpha value is -2.30. The number of halogens is 1. The second-order valence-corrected chi connectivity index (χ2v) is 10.7. The van der Waals surface area contributed by atoms with Crippen molar-refractivity contribution in [3.05, 3.63) is 60.4 Å². The monoisotopic (exact) mass is 440 g/mol. The number of carbonyl (C=O) groups is 1. The first kappa shape index (κ1) is 21.4. The first-order chi connectivity index (χ1) is 13.7. The summed E-state index contributed by atoms with van der Waals surface area (Å²) < 4.78 is 65.1. The number of amides is 1. The Kier molecular flexibility index (Phi) is 6.35. The molecule has 1 amide bonds. The van der Waals surface area contributed by atoms with Crippen molar-refractivity contribution in [1.29, 1.82) is 0 Å². The van der Waals surface area contributed by atoms with E-state index in [1.165, 1.54) is 29.2 Å². The van der Waals surface area contributed by atoms with Gasteiger partial charge in [-0.25, -0.2) is 25.9 Å². The second-order valence-electron chi connectivity index (χ2n) is 6.71. The van der Waals surface area contributed by atoms with Crippen LogP contribution in [0.3, 0.4) is 0 Å². The number of benzene rings is 2. The Balaban J connectivity index is 1.55. The summed E-state index contributed by atoms with van der Waals surface area (Å²) in [6, 6.07) is 12.7. The zero-order valence-corrected chi connectivity index (χ0v) is 17.1. The minimum absolute atomic E-state index is 0.0761. The number of nitrogens with one attached hydrogen (secondary N) is 1. The molecule has 0 radical (unpaired) electrons. The van der Waals surface area contributed by atoms with Crippen LogP contribution in [0.2, 0.25) is 0 Å². The maximum Gasteiger partial charge on any atom is 0.240 e. The van der Waals surface area contributed by atoms with Crippen LogP contribution in [0.4, 0.5) is 4.39 Å². The number of carbonyl (C=O) groups excluding carboxylic acids is 1. The highest BCUT2D eigenvalue weighted by Crippen LogP contribution is 2.24.